The summed E-state index contributed by atoms with van der Waals surface area (Å²) in [5.74, 6) is -0.923. The lowest BCUT2D eigenvalue weighted by Crippen LogP contribution is -2.14. The maximum atomic E-state index is 14.3. The number of nitrogens with one attached hydrogen (secondary N) is 2. The zero-order chi connectivity index (χ0) is 20.1. The van der Waals surface area contributed by atoms with Gasteiger partial charge in [0.15, 0.2) is 0 Å². The van der Waals surface area contributed by atoms with Crippen molar-refractivity contribution < 1.29 is 14.0 Å². The van der Waals surface area contributed by atoms with Crippen molar-refractivity contribution in [3.8, 4) is 11.3 Å². The highest BCUT2D eigenvalue weighted by Crippen LogP contribution is 2.27. The molecule has 0 saturated carbocycles. The molecule has 0 fully saturated rings. The Morgan fingerprint density at radius 1 is 1.07 bits per heavy atom. The molecule has 5 nitrogen and oxygen atoms in total. The van der Waals surface area contributed by atoms with Crippen molar-refractivity contribution in [3.05, 3.63) is 64.2 Å². The molecule has 1 aromatic heterocycles. The fourth-order valence-electron chi connectivity index (χ4n) is 2.69. The Morgan fingerprint density at radius 2 is 1.79 bits per heavy atom. The molecule has 0 atom stereocenters. The first kappa shape index (κ1) is 19.7. The number of anilines is 2. The molecule has 2 amide bonds. The van der Waals surface area contributed by atoms with E-state index in [9.17, 15) is 14.0 Å². The van der Waals surface area contributed by atoms with Crippen LogP contribution in [-0.4, -0.2) is 16.8 Å². The van der Waals surface area contributed by atoms with Gasteiger partial charge < -0.3 is 10.6 Å². The molecule has 3 aromatic rings. The lowest BCUT2D eigenvalue weighted by atomic mass is 10.1. The highest BCUT2D eigenvalue weighted by molar-refractivity contribution is 7.10. The van der Waals surface area contributed by atoms with Crippen molar-refractivity contribution >= 4 is 34.5 Å². The quantitative estimate of drug-likeness (QED) is 0.636. The summed E-state index contributed by atoms with van der Waals surface area (Å²) >= 11 is 1.30. The van der Waals surface area contributed by atoms with Gasteiger partial charge in [0, 0.05) is 29.2 Å². The number of carbonyl (C=O) groups excluding carboxylic acids is 2. The first-order valence-electron chi connectivity index (χ1n) is 8.85. The molecule has 0 unspecified atom stereocenters. The van der Waals surface area contributed by atoms with Crippen LogP contribution >= 0.6 is 11.3 Å². The number of rotatable bonds is 6. The number of aryl methyl sites for hydroxylation is 1. The van der Waals surface area contributed by atoms with Gasteiger partial charge >= 0.3 is 0 Å². The molecule has 0 aliphatic heterocycles. The van der Waals surface area contributed by atoms with E-state index in [0.717, 1.165) is 12.1 Å². The van der Waals surface area contributed by atoms with Crippen LogP contribution in [0.2, 0.25) is 0 Å². The molecule has 0 bridgehead atoms. The molecule has 0 aliphatic carbocycles. The van der Waals surface area contributed by atoms with Gasteiger partial charge in [-0.1, -0.05) is 19.1 Å². The van der Waals surface area contributed by atoms with Gasteiger partial charge in [0.1, 0.15) is 10.8 Å². The van der Waals surface area contributed by atoms with Crippen molar-refractivity contribution in [2.75, 3.05) is 10.6 Å². The van der Waals surface area contributed by atoms with Gasteiger partial charge in [-0.15, -0.1) is 11.3 Å². The third kappa shape index (κ3) is 5.01. The fourth-order valence-corrected chi connectivity index (χ4v) is 3.48. The van der Waals surface area contributed by atoms with Crippen LogP contribution in [0.15, 0.2) is 47.8 Å². The Kier molecular flexibility index (Phi) is 6.16. The van der Waals surface area contributed by atoms with Crippen molar-refractivity contribution in [2.45, 2.75) is 26.7 Å². The average molecular weight is 397 g/mol. The molecule has 0 radical (unpaired) electrons. The van der Waals surface area contributed by atoms with E-state index < -0.39 is 5.82 Å². The summed E-state index contributed by atoms with van der Waals surface area (Å²) in [4.78, 5) is 27.7. The monoisotopic (exact) mass is 397 g/mol. The zero-order valence-electron chi connectivity index (χ0n) is 15.6. The van der Waals surface area contributed by atoms with Crippen molar-refractivity contribution in [3.63, 3.8) is 0 Å². The van der Waals surface area contributed by atoms with E-state index in [1.54, 1.807) is 17.5 Å². The standard InChI is InChI=1S/C21H20FN3O2S/c1-3-14-4-6-15(7-5-14)24-20(27)11-21-25-19(12-28-21)17-9-8-16(10-18(17)22)23-13(2)26/h4-10,12H,3,11H2,1-2H3,(H,23,26)(H,24,27). The van der Waals surface area contributed by atoms with Crippen LogP contribution in [0.5, 0.6) is 0 Å². The predicted molar refractivity (Wildman–Crippen MR) is 110 cm³/mol. The molecule has 3 rings (SSSR count). The number of carbonyl (C=O) groups is 2. The number of amides is 2. The first-order valence-corrected chi connectivity index (χ1v) is 9.73. The molecule has 0 saturated heterocycles. The van der Waals surface area contributed by atoms with Crippen LogP contribution in [0.3, 0.4) is 0 Å². The molecule has 7 heteroatoms. The Bertz CT molecular complexity index is 999. The lowest BCUT2D eigenvalue weighted by Gasteiger charge is -2.05. The minimum Gasteiger partial charge on any atom is -0.326 e. The van der Waals surface area contributed by atoms with E-state index in [1.165, 1.54) is 29.9 Å². The summed E-state index contributed by atoms with van der Waals surface area (Å²) in [5, 5.41) is 7.69. The molecule has 2 N–H and O–H groups in total. The molecular formula is C21H20FN3O2S. The molecule has 0 spiro atoms. The number of benzene rings is 2. The maximum absolute atomic E-state index is 14.3. The first-order chi connectivity index (χ1) is 13.4. The largest absolute Gasteiger partial charge is 0.326 e. The Balaban J connectivity index is 1.66. The number of nitrogens with zero attached hydrogens (tertiary/aromatic N) is 1. The van der Waals surface area contributed by atoms with Gasteiger partial charge in [0.25, 0.3) is 0 Å². The van der Waals surface area contributed by atoms with Crippen molar-refractivity contribution in [1.82, 2.24) is 4.98 Å². The second-order valence-electron chi connectivity index (χ2n) is 6.28. The normalized spacial score (nSPS) is 10.5. The average Bonchev–Trinajstić information content (AvgIpc) is 3.10. The molecule has 28 heavy (non-hydrogen) atoms. The smallest absolute Gasteiger partial charge is 0.231 e. The van der Waals surface area contributed by atoms with Gasteiger partial charge in [0.05, 0.1) is 12.1 Å². The van der Waals surface area contributed by atoms with Crippen LogP contribution in [0.25, 0.3) is 11.3 Å². The second-order valence-corrected chi connectivity index (χ2v) is 7.22. The van der Waals surface area contributed by atoms with Gasteiger partial charge in [0.2, 0.25) is 11.8 Å². The van der Waals surface area contributed by atoms with E-state index >= 15 is 0 Å². The van der Waals surface area contributed by atoms with Gasteiger partial charge in [-0.3, -0.25) is 9.59 Å². The molecule has 2 aromatic carbocycles. The number of hydrogen-bond donors (Lipinski definition) is 2. The predicted octanol–water partition coefficient (Wildman–Crippen LogP) is 4.65. The maximum Gasteiger partial charge on any atom is 0.231 e. The van der Waals surface area contributed by atoms with E-state index in [0.29, 0.717) is 22.0 Å². The zero-order valence-corrected chi connectivity index (χ0v) is 16.4. The van der Waals surface area contributed by atoms with E-state index in [-0.39, 0.29) is 18.2 Å². The highest BCUT2D eigenvalue weighted by Gasteiger charge is 2.13. The minimum absolute atomic E-state index is 0.117. The number of hydrogen-bond acceptors (Lipinski definition) is 4. The Hall–Kier alpha value is -3.06. The number of aromatic nitrogens is 1. The Morgan fingerprint density at radius 3 is 2.43 bits per heavy atom. The molecule has 0 aliphatic rings. The van der Waals surface area contributed by atoms with Crippen molar-refractivity contribution in [1.29, 1.82) is 0 Å². The minimum atomic E-state index is -0.483. The fraction of sp³-hybridized carbons (Fsp3) is 0.190. The lowest BCUT2D eigenvalue weighted by molar-refractivity contribution is -0.116. The summed E-state index contributed by atoms with van der Waals surface area (Å²) in [5.41, 5.74) is 3.12. The van der Waals surface area contributed by atoms with Gasteiger partial charge in [-0.05, 0) is 42.3 Å². The SMILES string of the molecule is CCc1ccc(NC(=O)Cc2nc(-c3ccc(NC(C)=O)cc3F)cs2)cc1. The third-order valence-electron chi connectivity index (χ3n) is 4.07. The Labute approximate surface area is 166 Å². The van der Waals surface area contributed by atoms with Crippen LogP contribution in [0.4, 0.5) is 15.8 Å². The van der Waals surface area contributed by atoms with Gasteiger partial charge in [-0.25, -0.2) is 9.37 Å². The summed E-state index contributed by atoms with van der Waals surface area (Å²) in [6.07, 6.45) is 1.06. The number of thiazole rings is 1. The topological polar surface area (TPSA) is 71.1 Å². The van der Waals surface area contributed by atoms with Crippen LogP contribution in [-0.2, 0) is 22.4 Å². The summed E-state index contributed by atoms with van der Waals surface area (Å²) in [6.45, 7) is 3.44. The van der Waals surface area contributed by atoms with E-state index in [1.807, 2.05) is 24.3 Å². The molecule has 1 heterocycles. The molecule has 144 valence electrons. The molecular weight excluding hydrogens is 377 g/mol. The van der Waals surface area contributed by atoms with Crippen LogP contribution in [0.1, 0.15) is 24.4 Å². The van der Waals surface area contributed by atoms with E-state index in [2.05, 4.69) is 22.5 Å². The third-order valence-corrected chi connectivity index (χ3v) is 4.92. The van der Waals surface area contributed by atoms with Crippen LogP contribution < -0.4 is 10.6 Å². The van der Waals surface area contributed by atoms with Crippen LogP contribution in [0, 0.1) is 5.82 Å². The summed E-state index contributed by atoms with van der Waals surface area (Å²) < 4.78 is 14.3. The number of halogens is 1. The van der Waals surface area contributed by atoms with Gasteiger partial charge in [-0.2, -0.15) is 0 Å². The van der Waals surface area contributed by atoms with E-state index in [4.69, 9.17) is 0 Å². The summed E-state index contributed by atoms with van der Waals surface area (Å²) in [6, 6.07) is 12.1. The highest BCUT2D eigenvalue weighted by atomic mass is 32.1. The second kappa shape index (κ2) is 8.75. The summed E-state index contributed by atoms with van der Waals surface area (Å²) in [7, 11) is 0. The van der Waals surface area contributed by atoms with Crippen molar-refractivity contribution in [2.24, 2.45) is 0 Å².